The summed E-state index contributed by atoms with van der Waals surface area (Å²) >= 11 is 0. The third-order valence-electron chi connectivity index (χ3n) is 4.95. The molecule has 0 bridgehead atoms. The average Bonchev–Trinajstić information content (AvgIpc) is 3.20. The lowest BCUT2D eigenvalue weighted by Crippen LogP contribution is -2.31. The van der Waals surface area contributed by atoms with Crippen molar-refractivity contribution in [2.75, 3.05) is 0 Å². The Morgan fingerprint density at radius 3 is 2.14 bits per heavy atom. The van der Waals surface area contributed by atoms with E-state index in [0.717, 1.165) is 16.7 Å². The maximum atomic E-state index is 13.3. The average molecular weight is 381 g/mol. The first-order chi connectivity index (χ1) is 14.2. The maximum Gasteiger partial charge on any atom is 0.272 e. The van der Waals surface area contributed by atoms with Crippen molar-refractivity contribution in [2.24, 2.45) is 7.05 Å². The Bertz CT molecular complexity index is 1090. The molecule has 0 fully saturated rings. The van der Waals surface area contributed by atoms with Crippen LogP contribution in [0, 0.1) is 0 Å². The highest BCUT2D eigenvalue weighted by molar-refractivity contribution is 5.92. The minimum absolute atomic E-state index is 0.0287. The van der Waals surface area contributed by atoms with Crippen LogP contribution < -0.4 is 0 Å². The third-order valence-corrected chi connectivity index (χ3v) is 4.95. The van der Waals surface area contributed by atoms with Crippen LogP contribution in [0.5, 0.6) is 0 Å². The van der Waals surface area contributed by atoms with Crippen LogP contribution in [0.3, 0.4) is 0 Å². The van der Waals surface area contributed by atoms with E-state index in [-0.39, 0.29) is 5.91 Å². The molecule has 0 radical (unpaired) electrons. The van der Waals surface area contributed by atoms with Gasteiger partial charge in [0.15, 0.2) is 0 Å². The second kappa shape index (κ2) is 8.57. The van der Waals surface area contributed by atoms with E-state index in [1.165, 1.54) is 5.56 Å². The van der Waals surface area contributed by atoms with Crippen molar-refractivity contribution in [1.29, 1.82) is 0 Å². The summed E-state index contributed by atoms with van der Waals surface area (Å²) < 4.78 is 1.76. The zero-order valence-electron chi connectivity index (χ0n) is 16.4. The fourth-order valence-corrected chi connectivity index (χ4v) is 3.43. The molecule has 144 valence electrons. The summed E-state index contributed by atoms with van der Waals surface area (Å²) in [6.07, 6.45) is 3.28. The van der Waals surface area contributed by atoms with E-state index in [4.69, 9.17) is 0 Å². The monoisotopic (exact) mass is 381 g/mol. The summed E-state index contributed by atoms with van der Waals surface area (Å²) in [7, 11) is 1.84. The van der Waals surface area contributed by atoms with E-state index in [1.807, 2.05) is 66.5 Å². The van der Waals surface area contributed by atoms with E-state index in [0.29, 0.717) is 18.8 Å². The number of imidazole rings is 1. The Morgan fingerprint density at radius 1 is 0.828 bits per heavy atom. The van der Waals surface area contributed by atoms with Gasteiger partial charge in [0.2, 0.25) is 0 Å². The molecule has 0 atom stereocenters. The number of amides is 1. The quantitative estimate of drug-likeness (QED) is 0.475. The van der Waals surface area contributed by atoms with E-state index in [2.05, 4.69) is 35.3 Å². The van der Waals surface area contributed by atoms with Crippen molar-refractivity contribution in [2.45, 2.75) is 13.1 Å². The smallest absolute Gasteiger partial charge is 0.272 e. The SMILES string of the molecule is Cn1cncc1C(=O)N(Cc1ccccc1)Cc1cccc(-c2ccccc2)c1. The molecule has 4 heteroatoms. The summed E-state index contributed by atoms with van der Waals surface area (Å²) in [4.78, 5) is 19.2. The lowest BCUT2D eigenvalue weighted by atomic mass is 10.0. The van der Waals surface area contributed by atoms with Gasteiger partial charge in [0.1, 0.15) is 5.69 Å². The van der Waals surface area contributed by atoms with Crippen LogP contribution in [0.2, 0.25) is 0 Å². The lowest BCUT2D eigenvalue weighted by Gasteiger charge is -2.23. The predicted octanol–water partition coefficient (Wildman–Crippen LogP) is 4.93. The molecule has 0 saturated carbocycles. The molecule has 1 aromatic heterocycles. The van der Waals surface area contributed by atoms with Gasteiger partial charge in [-0.3, -0.25) is 4.79 Å². The molecule has 4 nitrogen and oxygen atoms in total. The minimum atomic E-state index is -0.0287. The van der Waals surface area contributed by atoms with Crippen LogP contribution in [0.1, 0.15) is 21.6 Å². The second-order valence-electron chi connectivity index (χ2n) is 7.10. The fourth-order valence-electron chi connectivity index (χ4n) is 3.43. The van der Waals surface area contributed by atoms with Gasteiger partial charge in [0, 0.05) is 20.1 Å². The standard InChI is InChI=1S/C25H23N3O/c1-27-19-26-16-24(27)25(29)28(17-20-9-4-2-5-10-20)18-21-11-8-14-23(15-21)22-12-6-3-7-13-22/h2-16,19H,17-18H2,1H3. The Kier molecular flexibility index (Phi) is 5.52. The fraction of sp³-hybridized carbons (Fsp3) is 0.120. The molecule has 1 heterocycles. The van der Waals surface area contributed by atoms with E-state index in [1.54, 1.807) is 17.1 Å². The van der Waals surface area contributed by atoms with E-state index >= 15 is 0 Å². The van der Waals surface area contributed by atoms with Gasteiger partial charge in [-0.1, -0.05) is 78.9 Å². The summed E-state index contributed by atoms with van der Waals surface area (Å²) in [5, 5.41) is 0. The molecule has 0 spiro atoms. The zero-order valence-corrected chi connectivity index (χ0v) is 16.4. The number of carbonyl (C=O) groups excluding carboxylic acids is 1. The summed E-state index contributed by atoms with van der Waals surface area (Å²) in [6, 6.07) is 28.7. The molecule has 0 unspecified atom stereocenters. The molecule has 0 aliphatic heterocycles. The van der Waals surface area contributed by atoms with Crippen molar-refractivity contribution in [3.63, 3.8) is 0 Å². The van der Waals surface area contributed by atoms with E-state index < -0.39 is 0 Å². The number of benzene rings is 3. The molecule has 0 aliphatic rings. The van der Waals surface area contributed by atoms with Crippen molar-refractivity contribution in [3.05, 3.63) is 114 Å². The Labute approximate surface area is 171 Å². The first-order valence-corrected chi connectivity index (χ1v) is 9.64. The van der Waals surface area contributed by atoms with Crippen LogP contribution in [-0.4, -0.2) is 20.4 Å². The Balaban J connectivity index is 1.63. The van der Waals surface area contributed by atoms with Crippen molar-refractivity contribution in [3.8, 4) is 11.1 Å². The van der Waals surface area contributed by atoms with Gasteiger partial charge in [0.05, 0.1) is 12.5 Å². The molecule has 4 rings (SSSR count). The number of aryl methyl sites for hydroxylation is 1. The van der Waals surface area contributed by atoms with Gasteiger partial charge in [-0.05, 0) is 28.3 Å². The van der Waals surface area contributed by atoms with Crippen LogP contribution in [0.15, 0.2) is 97.5 Å². The third kappa shape index (κ3) is 4.43. The van der Waals surface area contributed by atoms with Crippen LogP contribution in [0.4, 0.5) is 0 Å². The van der Waals surface area contributed by atoms with Gasteiger partial charge in [-0.15, -0.1) is 0 Å². The first kappa shape index (κ1) is 18.7. The van der Waals surface area contributed by atoms with Gasteiger partial charge in [0.25, 0.3) is 5.91 Å². The zero-order chi connectivity index (χ0) is 20.1. The number of hydrogen-bond acceptors (Lipinski definition) is 2. The Hall–Kier alpha value is -3.66. The first-order valence-electron chi connectivity index (χ1n) is 9.64. The Morgan fingerprint density at radius 2 is 1.45 bits per heavy atom. The molecule has 3 aromatic carbocycles. The molecular weight excluding hydrogens is 358 g/mol. The van der Waals surface area contributed by atoms with E-state index in [9.17, 15) is 4.79 Å². The molecule has 0 aliphatic carbocycles. The number of carbonyl (C=O) groups is 1. The highest BCUT2D eigenvalue weighted by atomic mass is 16.2. The summed E-state index contributed by atoms with van der Waals surface area (Å²) in [6.45, 7) is 1.07. The molecule has 0 N–H and O–H groups in total. The van der Waals surface area contributed by atoms with Crippen molar-refractivity contribution < 1.29 is 4.79 Å². The maximum absolute atomic E-state index is 13.3. The topological polar surface area (TPSA) is 38.1 Å². The normalized spacial score (nSPS) is 10.7. The second-order valence-corrected chi connectivity index (χ2v) is 7.10. The largest absolute Gasteiger partial charge is 0.330 e. The molecule has 4 aromatic rings. The van der Waals surface area contributed by atoms with Crippen LogP contribution in [-0.2, 0) is 20.1 Å². The molecule has 0 saturated heterocycles. The van der Waals surface area contributed by atoms with Gasteiger partial charge < -0.3 is 9.47 Å². The number of hydrogen-bond donors (Lipinski definition) is 0. The van der Waals surface area contributed by atoms with Gasteiger partial charge >= 0.3 is 0 Å². The number of nitrogens with zero attached hydrogens (tertiary/aromatic N) is 3. The summed E-state index contributed by atoms with van der Waals surface area (Å²) in [5.74, 6) is -0.0287. The molecule has 29 heavy (non-hydrogen) atoms. The highest BCUT2D eigenvalue weighted by Gasteiger charge is 2.19. The van der Waals surface area contributed by atoms with Crippen LogP contribution in [0.25, 0.3) is 11.1 Å². The van der Waals surface area contributed by atoms with Crippen molar-refractivity contribution in [1.82, 2.24) is 14.5 Å². The lowest BCUT2D eigenvalue weighted by molar-refractivity contribution is 0.0720. The summed E-state index contributed by atoms with van der Waals surface area (Å²) in [5.41, 5.74) is 5.10. The van der Waals surface area contributed by atoms with Gasteiger partial charge in [-0.25, -0.2) is 4.98 Å². The van der Waals surface area contributed by atoms with Crippen molar-refractivity contribution >= 4 is 5.91 Å². The number of aromatic nitrogens is 2. The van der Waals surface area contributed by atoms with Crippen LogP contribution >= 0.6 is 0 Å². The minimum Gasteiger partial charge on any atom is -0.330 e. The predicted molar refractivity (Wildman–Crippen MR) is 115 cm³/mol. The number of rotatable bonds is 6. The molecular formula is C25H23N3O. The highest BCUT2D eigenvalue weighted by Crippen LogP contribution is 2.22. The molecule has 1 amide bonds. The van der Waals surface area contributed by atoms with Gasteiger partial charge in [-0.2, -0.15) is 0 Å².